The van der Waals surface area contributed by atoms with Gasteiger partial charge in [-0.3, -0.25) is 9.59 Å². The van der Waals surface area contributed by atoms with Crippen LogP contribution in [0.4, 0.5) is 0 Å². The van der Waals surface area contributed by atoms with E-state index >= 15 is 0 Å². The second-order valence-electron chi connectivity index (χ2n) is 6.67. The smallest absolute Gasteiger partial charge is 0.253 e. The fraction of sp³-hybridized carbons (Fsp3) is 0.556. The maximum atomic E-state index is 11.7. The predicted molar refractivity (Wildman–Crippen MR) is 101 cm³/mol. The second kappa shape index (κ2) is 10.5. The number of carbonyl (C=O) groups excluding carboxylic acids is 2. The van der Waals surface area contributed by atoms with E-state index in [2.05, 4.69) is 43.5 Å². The standard InChI is InChI=1S/C18H26Cl2N2O3/c1-18(2,3)13-6-8-14(9-7-13)25-12-4-5-15(23)21-10-11-22-17(24)16(19)20/h6-9,16H,4-5,10-12H2,1-3H3,(H,21,23)(H,22,24). The molecule has 0 saturated carbocycles. The van der Waals surface area contributed by atoms with Gasteiger partial charge < -0.3 is 15.4 Å². The summed E-state index contributed by atoms with van der Waals surface area (Å²) in [6.45, 7) is 7.58. The fourth-order valence-corrected chi connectivity index (χ4v) is 2.18. The van der Waals surface area contributed by atoms with Crippen LogP contribution in [0.15, 0.2) is 24.3 Å². The number of nitrogens with one attached hydrogen (secondary N) is 2. The Bertz CT molecular complexity index is 554. The van der Waals surface area contributed by atoms with Crippen molar-refractivity contribution in [2.24, 2.45) is 0 Å². The molecule has 5 nitrogen and oxygen atoms in total. The van der Waals surface area contributed by atoms with E-state index < -0.39 is 10.7 Å². The lowest BCUT2D eigenvalue weighted by Crippen LogP contribution is -2.36. The maximum Gasteiger partial charge on any atom is 0.253 e. The number of carbonyl (C=O) groups is 2. The van der Waals surface area contributed by atoms with E-state index in [1.807, 2.05) is 12.1 Å². The molecule has 7 heteroatoms. The third-order valence-corrected chi connectivity index (χ3v) is 3.88. The van der Waals surface area contributed by atoms with Crippen molar-refractivity contribution in [3.8, 4) is 5.75 Å². The third-order valence-electron chi connectivity index (χ3n) is 3.48. The minimum absolute atomic E-state index is 0.0887. The number of benzene rings is 1. The summed E-state index contributed by atoms with van der Waals surface area (Å²) in [4.78, 5) is 21.7. The van der Waals surface area contributed by atoms with Crippen LogP contribution in [0.5, 0.6) is 5.75 Å². The topological polar surface area (TPSA) is 67.4 Å². The van der Waals surface area contributed by atoms with E-state index in [4.69, 9.17) is 27.9 Å². The van der Waals surface area contributed by atoms with E-state index in [0.717, 1.165) is 5.75 Å². The summed E-state index contributed by atoms with van der Waals surface area (Å²) in [5, 5.41) is 5.20. The first kappa shape index (κ1) is 21.6. The molecule has 0 aromatic heterocycles. The van der Waals surface area contributed by atoms with Gasteiger partial charge >= 0.3 is 0 Å². The summed E-state index contributed by atoms with van der Waals surface area (Å²) in [5.74, 6) is 0.241. The number of amides is 2. The molecule has 0 aliphatic carbocycles. The molecule has 0 spiro atoms. The van der Waals surface area contributed by atoms with Crippen LogP contribution in [0.3, 0.4) is 0 Å². The van der Waals surface area contributed by atoms with E-state index in [-0.39, 0.29) is 17.9 Å². The lowest BCUT2D eigenvalue weighted by atomic mass is 9.87. The molecule has 0 aliphatic heterocycles. The van der Waals surface area contributed by atoms with Crippen LogP contribution in [0.2, 0.25) is 0 Å². The highest BCUT2D eigenvalue weighted by molar-refractivity contribution is 6.53. The van der Waals surface area contributed by atoms with E-state index in [1.54, 1.807) is 0 Å². The molecule has 0 unspecified atom stereocenters. The fourth-order valence-electron chi connectivity index (χ4n) is 2.03. The molecule has 140 valence electrons. The van der Waals surface area contributed by atoms with Crippen LogP contribution in [0.25, 0.3) is 0 Å². The molecule has 0 aliphatic rings. The minimum atomic E-state index is -1.09. The summed E-state index contributed by atoms with van der Waals surface area (Å²) < 4.78 is 5.64. The summed E-state index contributed by atoms with van der Waals surface area (Å²) in [5.41, 5.74) is 1.37. The predicted octanol–water partition coefficient (Wildman–Crippen LogP) is 3.18. The first-order chi connectivity index (χ1) is 11.7. The normalized spacial score (nSPS) is 11.3. The van der Waals surface area contributed by atoms with Gasteiger partial charge in [-0.1, -0.05) is 56.1 Å². The number of hydrogen-bond donors (Lipinski definition) is 2. The molecular weight excluding hydrogens is 363 g/mol. The summed E-state index contributed by atoms with van der Waals surface area (Å²) in [6, 6.07) is 8.01. The quantitative estimate of drug-likeness (QED) is 0.504. The molecule has 2 amide bonds. The van der Waals surface area contributed by atoms with Crippen LogP contribution in [0.1, 0.15) is 39.2 Å². The average Bonchev–Trinajstić information content (AvgIpc) is 2.55. The number of halogens is 2. The lowest BCUT2D eigenvalue weighted by Gasteiger charge is -2.19. The summed E-state index contributed by atoms with van der Waals surface area (Å²) in [6.07, 6.45) is 0.978. The molecule has 0 fully saturated rings. The molecule has 2 N–H and O–H groups in total. The number of ether oxygens (including phenoxy) is 1. The van der Waals surface area contributed by atoms with Gasteiger partial charge in [0, 0.05) is 19.5 Å². The van der Waals surface area contributed by atoms with E-state index in [1.165, 1.54) is 5.56 Å². The third kappa shape index (κ3) is 8.98. The highest BCUT2D eigenvalue weighted by Gasteiger charge is 2.13. The molecule has 1 aromatic rings. The monoisotopic (exact) mass is 388 g/mol. The Morgan fingerprint density at radius 1 is 1.08 bits per heavy atom. The highest BCUT2D eigenvalue weighted by atomic mass is 35.5. The van der Waals surface area contributed by atoms with Crippen LogP contribution in [0, 0.1) is 0 Å². The molecule has 25 heavy (non-hydrogen) atoms. The zero-order valence-corrected chi connectivity index (χ0v) is 16.4. The second-order valence-corrected chi connectivity index (χ2v) is 7.76. The van der Waals surface area contributed by atoms with Gasteiger partial charge in [0.1, 0.15) is 5.75 Å². The number of hydrogen-bond acceptors (Lipinski definition) is 3. The molecule has 0 atom stereocenters. The summed E-state index contributed by atoms with van der Waals surface area (Å²) in [7, 11) is 0. The lowest BCUT2D eigenvalue weighted by molar-refractivity contribution is -0.122. The Labute approximate surface area is 159 Å². The largest absolute Gasteiger partial charge is 0.494 e. The Hall–Kier alpha value is -1.46. The Kier molecular flexibility index (Phi) is 9.08. The summed E-state index contributed by atoms with van der Waals surface area (Å²) >= 11 is 10.8. The molecule has 0 heterocycles. The van der Waals surface area contributed by atoms with Crippen molar-refractivity contribution in [2.75, 3.05) is 19.7 Å². The van der Waals surface area contributed by atoms with E-state index in [9.17, 15) is 9.59 Å². The van der Waals surface area contributed by atoms with Crippen molar-refractivity contribution >= 4 is 35.0 Å². The van der Waals surface area contributed by atoms with Crippen LogP contribution in [-0.4, -0.2) is 36.3 Å². The van der Waals surface area contributed by atoms with Crippen molar-refractivity contribution in [1.82, 2.24) is 10.6 Å². The van der Waals surface area contributed by atoms with Gasteiger partial charge in [0.25, 0.3) is 5.91 Å². The zero-order chi connectivity index (χ0) is 18.9. The van der Waals surface area contributed by atoms with Crippen molar-refractivity contribution in [2.45, 2.75) is 43.9 Å². The van der Waals surface area contributed by atoms with Gasteiger partial charge in [-0.05, 0) is 29.5 Å². The number of alkyl halides is 2. The van der Waals surface area contributed by atoms with Gasteiger partial charge in [0.05, 0.1) is 6.61 Å². The first-order valence-electron chi connectivity index (χ1n) is 8.26. The van der Waals surface area contributed by atoms with Gasteiger partial charge in [0.15, 0.2) is 4.84 Å². The van der Waals surface area contributed by atoms with Crippen molar-refractivity contribution in [3.63, 3.8) is 0 Å². The molecular formula is C18H26Cl2N2O3. The maximum absolute atomic E-state index is 11.7. The molecule has 0 radical (unpaired) electrons. The van der Waals surface area contributed by atoms with Crippen LogP contribution < -0.4 is 15.4 Å². The molecule has 1 rings (SSSR count). The van der Waals surface area contributed by atoms with Gasteiger partial charge in [0.2, 0.25) is 5.91 Å². The number of rotatable bonds is 9. The van der Waals surface area contributed by atoms with Crippen molar-refractivity contribution in [1.29, 1.82) is 0 Å². The van der Waals surface area contributed by atoms with E-state index in [0.29, 0.717) is 26.0 Å². The van der Waals surface area contributed by atoms with Gasteiger partial charge in [-0.25, -0.2) is 0 Å². The molecule has 0 bridgehead atoms. The molecule has 0 saturated heterocycles. The Morgan fingerprint density at radius 3 is 2.24 bits per heavy atom. The van der Waals surface area contributed by atoms with Crippen molar-refractivity contribution < 1.29 is 14.3 Å². The zero-order valence-electron chi connectivity index (χ0n) is 14.9. The first-order valence-corrected chi connectivity index (χ1v) is 9.13. The Morgan fingerprint density at radius 2 is 1.68 bits per heavy atom. The van der Waals surface area contributed by atoms with Gasteiger partial charge in [-0.15, -0.1) is 0 Å². The molecule has 1 aromatic carbocycles. The highest BCUT2D eigenvalue weighted by Crippen LogP contribution is 2.24. The van der Waals surface area contributed by atoms with Crippen LogP contribution in [-0.2, 0) is 15.0 Å². The average molecular weight is 389 g/mol. The van der Waals surface area contributed by atoms with Crippen LogP contribution >= 0.6 is 23.2 Å². The van der Waals surface area contributed by atoms with Crippen molar-refractivity contribution in [3.05, 3.63) is 29.8 Å². The Balaban J connectivity index is 2.14. The minimum Gasteiger partial charge on any atom is -0.494 e. The van der Waals surface area contributed by atoms with Gasteiger partial charge in [-0.2, -0.15) is 0 Å². The SMILES string of the molecule is CC(C)(C)c1ccc(OCCCC(=O)NCCNC(=O)C(Cl)Cl)cc1.